The maximum Gasteiger partial charge on any atom is 0.123 e. The molecule has 1 fully saturated rings. The number of anilines is 1. The predicted octanol–water partition coefficient (Wildman–Crippen LogP) is 1.30. The minimum atomic E-state index is -0.229. The Balaban J connectivity index is 2.27. The molecule has 4 nitrogen and oxygen atoms in total. The topological polar surface area (TPSA) is 44.7 Å². The first kappa shape index (κ1) is 14.2. The lowest BCUT2D eigenvalue weighted by atomic mass is 10.0. The maximum atomic E-state index is 13.4. The Bertz CT molecular complexity index is 428. The third-order valence-corrected chi connectivity index (χ3v) is 3.57. The number of halogens is 1. The van der Waals surface area contributed by atoms with Crippen LogP contribution in [0, 0.1) is 5.82 Å². The number of hydrogen-bond donors (Lipinski definition) is 2. The zero-order valence-corrected chi connectivity index (χ0v) is 11.4. The molecule has 2 N–H and O–H groups in total. The maximum absolute atomic E-state index is 13.4. The van der Waals surface area contributed by atoms with Crippen LogP contribution in [0.2, 0.25) is 0 Å². The van der Waals surface area contributed by atoms with E-state index in [-0.39, 0.29) is 24.6 Å². The van der Waals surface area contributed by atoms with Gasteiger partial charge in [0.05, 0.1) is 19.3 Å². The van der Waals surface area contributed by atoms with Crippen molar-refractivity contribution in [2.75, 3.05) is 38.3 Å². The van der Waals surface area contributed by atoms with Crippen molar-refractivity contribution in [2.24, 2.45) is 0 Å². The molecule has 0 aliphatic carbocycles. The number of ether oxygens (including phenoxy) is 1. The molecule has 0 radical (unpaired) electrons. The Hall–Kier alpha value is -1.17. The molecular formula is C14H21FN2O2. The summed E-state index contributed by atoms with van der Waals surface area (Å²) in [5.41, 5.74) is 1.94. The van der Waals surface area contributed by atoms with E-state index in [0.717, 1.165) is 17.8 Å². The molecule has 1 saturated heterocycles. The van der Waals surface area contributed by atoms with E-state index in [1.54, 1.807) is 12.1 Å². The molecule has 1 aromatic carbocycles. The predicted molar refractivity (Wildman–Crippen MR) is 72.9 cm³/mol. The largest absolute Gasteiger partial charge is 0.394 e. The standard InChI is InChI=1S/C14H21FN2O2/c1-10(16-2)13-7-11(15)3-4-14(13)17-5-6-19-12(8-17)9-18/h3-4,7,10,12,16,18H,5-6,8-9H2,1-2H3. The van der Waals surface area contributed by atoms with Crippen molar-refractivity contribution in [2.45, 2.75) is 19.1 Å². The second kappa shape index (κ2) is 6.32. The van der Waals surface area contributed by atoms with E-state index in [1.807, 2.05) is 14.0 Å². The van der Waals surface area contributed by atoms with Gasteiger partial charge in [0.25, 0.3) is 0 Å². The summed E-state index contributed by atoms with van der Waals surface area (Å²) >= 11 is 0. The van der Waals surface area contributed by atoms with Gasteiger partial charge in [-0.3, -0.25) is 0 Å². The second-order valence-corrected chi connectivity index (χ2v) is 4.83. The fraction of sp³-hybridized carbons (Fsp3) is 0.571. The second-order valence-electron chi connectivity index (χ2n) is 4.83. The van der Waals surface area contributed by atoms with Crippen LogP contribution in [-0.2, 0) is 4.74 Å². The van der Waals surface area contributed by atoms with Gasteiger partial charge in [0, 0.05) is 24.8 Å². The van der Waals surface area contributed by atoms with Gasteiger partial charge >= 0.3 is 0 Å². The summed E-state index contributed by atoms with van der Waals surface area (Å²) in [5, 5.41) is 12.3. The summed E-state index contributed by atoms with van der Waals surface area (Å²) in [4.78, 5) is 2.15. The van der Waals surface area contributed by atoms with E-state index in [1.165, 1.54) is 6.07 Å². The van der Waals surface area contributed by atoms with Crippen molar-refractivity contribution in [1.29, 1.82) is 0 Å². The Morgan fingerprint density at radius 1 is 1.58 bits per heavy atom. The smallest absolute Gasteiger partial charge is 0.123 e. The lowest BCUT2D eigenvalue weighted by Crippen LogP contribution is -2.44. The first-order valence-electron chi connectivity index (χ1n) is 6.59. The molecule has 1 aliphatic rings. The first-order chi connectivity index (χ1) is 9.15. The van der Waals surface area contributed by atoms with Gasteiger partial charge in [0.15, 0.2) is 0 Å². The van der Waals surface area contributed by atoms with E-state index < -0.39 is 0 Å². The van der Waals surface area contributed by atoms with Gasteiger partial charge in [0.1, 0.15) is 5.82 Å². The zero-order chi connectivity index (χ0) is 13.8. The minimum Gasteiger partial charge on any atom is -0.394 e. The summed E-state index contributed by atoms with van der Waals surface area (Å²) in [6, 6.07) is 4.92. The Morgan fingerprint density at radius 3 is 3.05 bits per heavy atom. The molecule has 0 bridgehead atoms. The molecule has 1 heterocycles. The van der Waals surface area contributed by atoms with Crippen molar-refractivity contribution < 1.29 is 14.2 Å². The molecule has 2 atom stereocenters. The molecule has 19 heavy (non-hydrogen) atoms. The van der Waals surface area contributed by atoms with E-state index in [9.17, 15) is 9.50 Å². The lowest BCUT2D eigenvalue weighted by Gasteiger charge is -2.35. The molecule has 0 aromatic heterocycles. The quantitative estimate of drug-likeness (QED) is 0.864. The summed E-state index contributed by atoms with van der Waals surface area (Å²) in [7, 11) is 1.86. The Kier molecular flexibility index (Phi) is 4.74. The minimum absolute atomic E-state index is 0.00854. The Labute approximate surface area is 113 Å². The molecule has 1 aliphatic heterocycles. The highest BCUT2D eigenvalue weighted by Crippen LogP contribution is 2.28. The molecular weight excluding hydrogens is 247 g/mol. The number of aliphatic hydroxyl groups excluding tert-OH is 1. The number of nitrogens with zero attached hydrogens (tertiary/aromatic N) is 1. The molecule has 2 unspecified atom stereocenters. The highest BCUT2D eigenvalue weighted by Gasteiger charge is 2.23. The molecule has 0 saturated carbocycles. The van der Waals surface area contributed by atoms with Crippen LogP contribution < -0.4 is 10.2 Å². The van der Waals surface area contributed by atoms with Crippen molar-refractivity contribution >= 4 is 5.69 Å². The van der Waals surface area contributed by atoms with Crippen LogP contribution in [0.3, 0.4) is 0 Å². The van der Waals surface area contributed by atoms with Gasteiger partial charge in [-0.1, -0.05) is 0 Å². The van der Waals surface area contributed by atoms with Crippen molar-refractivity contribution in [3.63, 3.8) is 0 Å². The molecule has 1 aromatic rings. The summed E-state index contributed by atoms with van der Waals surface area (Å²) < 4.78 is 18.9. The zero-order valence-electron chi connectivity index (χ0n) is 11.4. The molecule has 106 valence electrons. The van der Waals surface area contributed by atoms with Crippen LogP contribution in [-0.4, -0.2) is 44.6 Å². The van der Waals surface area contributed by atoms with E-state index in [4.69, 9.17) is 4.74 Å². The van der Waals surface area contributed by atoms with Gasteiger partial charge in [-0.25, -0.2) is 4.39 Å². The first-order valence-corrected chi connectivity index (χ1v) is 6.59. The molecule has 5 heteroatoms. The monoisotopic (exact) mass is 268 g/mol. The molecule has 0 spiro atoms. The van der Waals surface area contributed by atoms with Gasteiger partial charge in [0.2, 0.25) is 0 Å². The fourth-order valence-corrected chi connectivity index (χ4v) is 2.36. The number of morpholine rings is 1. The van der Waals surface area contributed by atoms with Gasteiger partial charge in [-0.15, -0.1) is 0 Å². The van der Waals surface area contributed by atoms with E-state index >= 15 is 0 Å². The van der Waals surface area contributed by atoms with Crippen molar-refractivity contribution in [3.05, 3.63) is 29.6 Å². The molecule has 2 rings (SSSR count). The van der Waals surface area contributed by atoms with Crippen LogP contribution in [0.1, 0.15) is 18.5 Å². The molecule has 0 amide bonds. The normalized spacial score (nSPS) is 21.5. The van der Waals surface area contributed by atoms with Crippen LogP contribution in [0.5, 0.6) is 0 Å². The van der Waals surface area contributed by atoms with Crippen LogP contribution in [0.25, 0.3) is 0 Å². The average molecular weight is 268 g/mol. The van der Waals surface area contributed by atoms with Crippen LogP contribution >= 0.6 is 0 Å². The number of aliphatic hydroxyl groups is 1. The van der Waals surface area contributed by atoms with Gasteiger partial charge in [-0.05, 0) is 37.7 Å². The highest BCUT2D eigenvalue weighted by molar-refractivity contribution is 5.55. The lowest BCUT2D eigenvalue weighted by molar-refractivity contribution is 0.00351. The number of nitrogens with one attached hydrogen (secondary N) is 1. The number of benzene rings is 1. The SMILES string of the molecule is CNC(C)c1cc(F)ccc1N1CCOC(CO)C1. The summed E-state index contributed by atoms with van der Waals surface area (Å²) in [6.07, 6.45) is -0.170. The highest BCUT2D eigenvalue weighted by atomic mass is 19.1. The third kappa shape index (κ3) is 3.23. The van der Waals surface area contributed by atoms with Crippen molar-refractivity contribution in [3.8, 4) is 0 Å². The fourth-order valence-electron chi connectivity index (χ4n) is 2.36. The summed E-state index contributed by atoms with van der Waals surface area (Å²) in [5.74, 6) is -0.229. The van der Waals surface area contributed by atoms with Gasteiger partial charge < -0.3 is 20.1 Å². The summed E-state index contributed by atoms with van der Waals surface area (Å²) in [6.45, 7) is 3.98. The van der Waals surface area contributed by atoms with Gasteiger partial charge in [-0.2, -0.15) is 0 Å². The van der Waals surface area contributed by atoms with Crippen LogP contribution in [0.15, 0.2) is 18.2 Å². The van der Waals surface area contributed by atoms with Crippen molar-refractivity contribution in [1.82, 2.24) is 5.32 Å². The third-order valence-electron chi connectivity index (χ3n) is 3.57. The Morgan fingerprint density at radius 2 is 2.37 bits per heavy atom. The number of hydrogen-bond acceptors (Lipinski definition) is 4. The average Bonchev–Trinajstić information content (AvgIpc) is 2.46. The number of rotatable bonds is 4. The van der Waals surface area contributed by atoms with E-state index in [2.05, 4.69) is 10.2 Å². The van der Waals surface area contributed by atoms with E-state index in [0.29, 0.717) is 13.2 Å². The van der Waals surface area contributed by atoms with Crippen LogP contribution in [0.4, 0.5) is 10.1 Å².